The third-order valence-corrected chi connectivity index (χ3v) is 8.57. The molecule has 2 N–H and O–H groups in total. The zero-order valence-electron chi connectivity index (χ0n) is 24.1. The molecular formula is C31H35N5O4S. The first-order valence-electron chi connectivity index (χ1n) is 13.8. The fourth-order valence-corrected chi connectivity index (χ4v) is 6.59. The van der Waals surface area contributed by atoms with Gasteiger partial charge in [0.05, 0.1) is 12.3 Å². The molecule has 3 atom stereocenters. The number of nitrogens with one attached hydrogen (secondary N) is 2. The van der Waals surface area contributed by atoms with Crippen LogP contribution in [0.2, 0.25) is 0 Å². The number of fused-ring (bicyclic) bond motifs is 1. The van der Waals surface area contributed by atoms with Crippen LogP contribution in [-0.2, 0) is 16.0 Å². The first-order chi connectivity index (χ1) is 19.5. The number of anilines is 1. The smallest absolute Gasteiger partial charge is 0.331 e. The fourth-order valence-electron chi connectivity index (χ4n) is 5.81. The zero-order valence-corrected chi connectivity index (χ0v) is 25.0. The molecule has 0 spiro atoms. The number of hydrogen-bond acceptors (Lipinski definition) is 5. The van der Waals surface area contributed by atoms with Crippen molar-refractivity contribution in [3.05, 3.63) is 76.3 Å². The van der Waals surface area contributed by atoms with Crippen LogP contribution in [0.5, 0.6) is 5.75 Å². The molecule has 214 valence electrons. The third kappa shape index (κ3) is 5.86. The molecule has 0 aliphatic heterocycles. The Kier molecular flexibility index (Phi) is 7.91. The van der Waals surface area contributed by atoms with Crippen LogP contribution >= 0.6 is 0 Å². The van der Waals surface area contributed by atoms with Gasteiger partial charge in [0.1, 0.15) is 17.4 Å². The van der Waals surface area contributed by atoms with Crippen LogP contribution in [0.25, 0.3) is 21.9 Å². The van der Waals surface area contributed by atoms with Gasteiger partial charge in [0, 0.05) is 11.8 Å². The van der Waals surface area contributed by atoms with E-state index in [2.05, 4.69) is 40.4 Å². The summed E-state index contributed by atoms with van der Waals surface area (Å²) < 4.78 is 29.0. The summed E-state index contributed by atoms with van der Waals surface area (Å²) in [5.41, 5.74) is 4.77. The van der Waals surface area contributed by atoms with Crippen molar-refractivity contribution in [2.24, 2.45) is 17.8 Å². The van der Waals surface area contributed by atoms with Crippen LogP contribution in [0.15, 0.2) is 42.6 Å². The standard InChI is InChI=1S/C31H35N5O4S/c1-17-8-9-20(4)26(14-17)40-41(38)35-24-15-23(11-10-19(24)3)29-33-30-27(25(32-7)16-36(30)34-29)31(37)39-28-21(5)12-18(2)13-22(28)6/h8-11,14-16,18,21-22,28,35H,12-13H2,1-6H3,(H,33,34). The maximum absolute atomic E-state index is 13.4. The maximum Gasteiger partial charge on any atom is 0.331 e. The van der Waals surface area contributed by atoms with E-state index >= 15 is 0 Å². The van der Waals surface area contributed by atoms with Gasteiger partial charge in [0.2, 0.25) is 5.69 Å². The predicted octanol–water partition coefficient (Wildman–Crippen LogP) is 7.10. The Labute approximate surface area is 242 Å². The lowest BCUT2D eigenvalue weighted by atomic mass is 9.75. The van der Waals surface area contributed by atoms with E-state index in [0.717, 1.165) is 29.5 Å². The predicted molar refractivity (Wildman–Crippen MR) is 160 cm³/mol. The maximum atomic E-state index is 13.4. The van der Waals surface area contributed by atoms with Gasteiger partial charge in [0.25, 0.3) is 0 Å². The van der Waals surface area contributed by atoms with Gasteiger partial charge in [-0.2, -0.15) is 4.21 Å². The number of aromatic amines is 1. The summed E-state index contributed by atoms with van der Waals surface area (Å²) in [6.07, 6.45) is 3.36. The first kappa shape index (κ1) is 28.4. The van der Waals surface area contributed by atoms with E-state index in [-0.39, 0.29) is 29.2 Å². The normalized spacial score (nSPS) is 21.3. The zero-order chi connectivity index (χ0) is 29.4. The lowest BCUT2D eigenvalue weighted by Gasteiger charge is -2.37. The van der Waals surface area contributed by atoms with Gasteiger partial charge in [-0.25, -0.2) is 14.6 Å². The topological polar surface area (TPSA) is 102 Å². The van der Waals surface area contributed by atoms with E-state index < -0.39 is 17.2 Å². The Morgan fingerprint density at radius 3 is 2.51 bits per heavy atom. The van der Waals surface area contributed by atoms with Crippen molar-refractivity contribution in [2.75, 3.05) is 4.72 Å². The van der Waals surface area contributed by atoms with Crippen molar-refractivity contribution in [3.63, 3.8) is 0 Å². The number of hydrogen-bond donors (Lipinski definition) is 2. The van der Waals surface area contributed by atoms with Crippen LogP contribution in [0.4, 0.5) is 11.4 Å². The minimum Gasteiger partial charge on any atom is -0.459 e. The second kappa shape index (κ2) is 11.4. The third-order valence-electron chi connectivity index (χ3n) is 7.85. The van der Waals surface area contributed by atoms with Crippen LogP contribution < -0.4 is 8.91 Å². The molecule has 1 aliphatic rings. The van der Waals surface area contributed by atoms with Crippen molar-refractivity contribution in [1.82, 2.24) is 14.6 Å². The van der Waals surface area contributed by atoms with Crippen molar-refractivity contribution in [1.29, 1.82) is 0 Å². The molecule has 3 unspecified atom stereocenters. The van der Waals surface area contributed by atoms with Gasteiger partial charge in [0.15, 0.2) is 11.5 Å². The molecule has 0 bridgehead atoms. The number of aromatic nitrogens is 3. The summed E-state index contributed by atoms with van der Waals surface area (Å²) >= 11 is -1.83. The molecule has 41 heavy (non-hydrogen) atoms. The highest BCUT2D eigenvalue weighted by atomic mass is 32.2. The van der Waals surface area contributed by atoms with E-state index in [1.807, 2.05) is 57.2 Å². The number of rotatable bonds is 7. The molecule has 1 saturated carbocycles. The molecule has 1 fully saturated rings. The van der Waals surface area contributed by atoms with E-state index in [9.17, 15) is 9.00 Å². The average Bonchev–Trinajstić information content (AvgIpc) is 3.47. The summed E-state index contributed by atoms with van der Waals surface area (Å²) in [6.45, 7) is 19.8. The van der Waals surface area contributed by atoms with Crippen molar-refractivity contribution < 1.29 is 17.9 Å². The monoisotopic (exact) mass is 573 g/mol. The fraction of sp³-hybridized carbons (Fsp3) is 0.387. The van der Waals surface area contributed by atoms with E-state index in [0.29, 0.717) is 34.4 Å². The second-order valence-electron chi connectivity index (χ2n) is 11.4. The SMILES string of the molecule is [C-]#[N+]c1cn2[nH]c(-c3ccc(C)c(NS(=O)Oc4cc(C)ccc4C)c3)nc2c1C(=O)OC1C(C)CC(C)CC1C. The molecule has 2 aromatic heterocycles. The summed E-state index contributed by atoms with van der Waals surface area (Å²) in [5.74, 6) is 1.58. The van der Waals surface area contributed by atoms with Crippen LogP contribution in [0.3, 0.4) is 0 Å². The molecule has 2 heterocycles. The van der Waals surface area contributed by atoms with Crippen LogP contribution in [-0.4, -0.2) is 30.9 Å². The molecule has 0 radical (unpaired) electrons. The van der Waals surface area contributed by atoms with E-state index in [1.54, 1.807) is 10.7 Å². The summed E-state index contributed by atoms with van der Waals surface area (Å²) in [6, 6.07) is 11.3. The first-order valence-corrected chi connectivity index (χ1v) is 14.9. The minimum absolute atomic E-state index is 0.161. The molecule has 9 nitrogen and oxygen atoms in total. The highest BCUT2D eigenvalue weighted by Gasteiger charge is 2.35. The Bertz CT molecular complexity index is 1670. The van der Waals surface area contributed by atoms with Crippen molar-refractivity contribution >= 4 is 34.3 Å². The molecule has 4 aromatic rings. The van der Waals surface area contributed by atoms with Gasteiger partial charge >= 0.3 is 17.2 Å². The second-order valence-corrected chi connectivity index (χ2v) is 12.2. The molecule has 10 heteroatoms. The molecule has 2 aromatic carbocycles. The summed E-state index contributed by atoms with van der Waals surface area (Å²) in [5, 5.41) is 3.16. The van der Waals surface area contributed by atoms with E-state index in [1.165, 1.54) is 0 Å². The van der Waals surface area contributed by atoms with Gasteiger partial charge in [-0.3, -0.25) is 14.3 Å². The Morgan fingerprint density at radius 2 is 1.80 bits per heavy atom. The minimum atomic E-state index is -1.83. The molecule has 5 rings (SSSR count). The van der Waals surface area contributed by atoms with Crippen molar-refractivity contribution in [3.8, 4) is 17.1 Å². The van der Waals surface area contributed by atoms with E-state index in [4.69, 9.17) is 15.5 Å². The largest absolute Gasteiger partial charge is 0.459 e. The molecule has 0 saturated heterocycles. The van der Waals surface area contributed by atoms with Crippen LogP contribution in [0, 0.1) is 45.1 Å². The number of carbonyl (C=O) groups is 1. The molecular weight excluding hydrogens is 538 g/mol. The molecule has 1 aliphatic carbocycles. The summed E-state index contributed by atoms with van der Waals surface area (Å²) in [4.78, 5) is 21.7. The Morgan fingerprint density at radius 1 is 1.10 bits per heavy atom. The highest BCUT2D eigenvalue weighted by Crippen LogP contribution is 2.37. The average molecular weight is 574 g/mol. The van der Waals surface area contributed by atoms with Gasteiger partial charge in [-0.1, -0.05) is 45.0 Å². The number of aryl methyl sites for hydroxylation is 3. The quantitative estimate of drug-likeness (QED) is 0.181. The lowest BCUT2D eigenvalue weighted by Crippen LogP contribution is -2.37. The van der Waals surface area contributed by atoms with Crippen molar-refractivity contribution in [2.45, 2.75) is 60.5 Å². The highest BCUT2D eigenvalue weighted by molar-refractivity contribution is 7.82. The number of nitrogens with zero attached hydrogens (tertiary/aromatic N) is 3. The Hall–Kier alpha value is -4.10. The number of carbonyl (C=O) groups excluding carboxylic acids is 1. The number of benzene rings is 2. The number of ether oxygens (including phenoxy) is 1. The van der Waals surface area contributed by atoms with Crippen LogP contribution in [0.1, 0.15) is 60.7 Å². The Balaban J connectivity index is 1.40. The summed E-state index contributed by atoms with van der Waals surface area (Å²) in [7, 11) is 0. The number of esters is 1. The van der Waals surface area contributed by atoms with Gasteiger partial charge in [-0.15, -0.1) is 0 Å². The van der Waals surface area contributed by atoms with Gasteiger partial charge < -0.3 is 8.92 Å². The lowest BCUT2D eigenvalue weighted by molar-refractivity contribution is -0.0249. The number of H-pyrrole nitrogens is 1. The van der Waals surface area contributed by atoms with Gasteiger partial charge in [-0.05, 0) is 80.2 Å². The molecule has 0 amide bonds.